The molecule has 0 unspecified atom stereocenters. The van der Waals surface area contributed by atoms with E-state index >= 15 is 0 Å². The molecule has 0 aliphatic carbocycles. The predicted octanol–water partition coefficient (Wildman–Crippen LogP) is 7.95. The lowest BCUT2D eigenvalue weighted by Crippen LogP contribution is -2.28. The summed E-state index contributed by atoms with van der Waals surface area (Å²) in [7, 11) is 0. The van der Waals surface area contributed by atoms with Crippen LogP contribution in [0.15, 0.2) is 0 Å². The first kappa shape index (κ1) is 38.4. The summed E-state index contributed by atoms with van der Waals surface area (Å²) in [6.45, 7) is 4.18. The molecule has 0 saturated carbocycles. The normalized spacial score (nSPS) is 11.8. The average molecular weight is 570 g/mol. The average Bonchev–Trinajstić information content (AvgIpc) is 2.93. The summed E-state index contributed by atoms with van der Waals surface area (Å²) >= 11 is 0. The van der Waals surface area contributed by atoms with Gasteiger partial charge in [-0.1, -0.05) is 129 Å². The Morgan fingerprint density at radius 3 is 1.43 bits per heavy atom. The largest absolute Gasteiger partial charge is 0.462 e. The monoisotopic (exact) mass is 569 g/mol. The molecule has 1 atom stereocenters. The highest BCUT2D eigenvalue weighted by molar-refractivity contribution is 5.72. The van der Waals surface area contributed by atoms with Crippen molar-refractivity contribution in [3.63, 3.8) is 0 Å². The number of carbonyl (C=O) groups is 3. The lowest BCUT2D eigenvalue weighted by atomic mass is 10.0. The number of unbranched alkanes of at least 4 members (excludes halogenated alkanes) is 20. The van der Waals surface area contributed by atoms with E-state index in [-0.39, 0.29) is 31.1 Å². The van der Waals surface area contributed by atoms with Gasteiger partial charge in [0.15, 0.2) is 6.10 Å². The van der Waals surface area contributed by atoms with Crippen molar-refractivity contribution in [1.82, 2.24) is 5.32 Å². The molecule has 0 bridgehead atoms. The Hall–Kier alpha value is -1.63. The van der Waals surface area contributed by atoms with Gasteiger partial charge in [-0.15, -0.1) is 0 Å². The first-order chi connectivity index (χ1) is 19.5. The van der Waals surface area contributed by atoms with Gasteiger partial charge in [0, 0.05) is 26.3 Å². The van der Waals surface area contributed by atoms with Gasteiger partial charge in [-0.3, -0.25) is 14.4 Å². The quantitative estimate of drug-likeness (QED) is 0.0672. The van der Waals surface area contributed by atoms with Crippen LogP contribution in [0.25, 0.3) is 0 Å². The Morgan fingerprint density at radius 2 is 1.00 bits per heavy atom. The number of rotatable bonds is 30. The van der Waals surface area contributed by atoms with Gasteiger partial charge in [0.05, 0.1) is 6.61 Å². The number of hydrogen-bond acceptors (Lipinski definition) is 6. The number of aliphatic hydroxyl groups excluding tert-OH is 1. The zero-order valence-corrected chi connectivity index (χ0v) is 26.2. The molecule has 40 heavy (non-hydrogen) atoms. The van der Waals surface area contributed by atoms with Crippen molar-refractivity contribution in [2.75, 3.05) is 19.8 Å². The van der Waals surface area contributed by atoms with Crippen molar-refractivity contribution in [1.29, 1.82) is 0 Å². The number of amides is 1. The molecule has 2 N–H and O–H groups in total. The summed E-state index contributed by atoms with van der Waals surface area (Å²) in [5.74, 6) is -0.560. The second kappa shape index (κ2) is 30.3. The van der Waals surface area contributed by atoms with Gasteiger partial charge in [-0.05, 0) is 19.3 Å². The molecular weight excluding hydrogens is 506 g/mol. The minimum atomic E-state index is -0.775. The van der Waals surface area contributed by atoms with Crippen LogP contribution in [0.1, 0.15) is 168 Å². The van der Waals surface area contributed by atoms with Crippen molar-refractivity contribution in [3.8, 4) is 0 Å². The van der Waals surface area contributed by atoms with E-state index in [0.717, 1.165) is 51.5 Å². The Morgan fingerprint density at radius 1 is 0.600 bits per heavy atom. The van der Waals surface area contributed by atoms with Crippen LogP contribution in [0.3, 0.4) is 0 Å². The first-order valence-corrected chi connectivity index (χ1v) is 16.7. The Balaban J connectivity index is 3.52. The minimum absolute atomic E-state index is 0.0559. The number of ether oxygens (including phenoxy) is 2. The third-order valence-electron chi connectivity index (χ3n) is 7.35. The lowest BCUT2D eigenvalue weighted by molar-refractivity contribution is -0.161. The summed E-state index contributed by atoms with van der Waals surface area (Å²) in [5, 5.41) is 12.3. The van der Waals surface area contributed by atoms with Crippen LogP contribution in [0.4, 0.5) is 0 Å². The fourth-order valence-electron chi connectivity index (χ4n) is 4.81. The molecule has 0 rings (SSSR count). The van der Waals surface area contributed by atoms with Gasteiger partial charge in [0.1, 0.15) is 6.61 Å². The smallest absolute Gasteiger partial charge is 0.306 e. The van der Waals surface area contributed by atoms with Crippen molar-refractivity contribution in [2.24, 2.45) is 0 Å². The molecule has 0 saturated heterocycles. The van der Waals surface area contributed by atoms with Gasteiger partial charge in [-0.2, -0.15) is 0 Å². The molecule has 0 aromatic heterocycles. The molecule has 0 heterocycles. The number of esters is 2. The second-order valence-corrected chi connectivity index (χ2v) is 11.4. The van der Waals surface area contributed by atoms with Crippen molar-refractivity contribution in [3.05, 3.63) is 0 Å². The standard InChI is InChI=1S/C33H63NO6/c1-3-4-5-6-7-8-13-17-20-23-26-33(38)40-31(28-35)29-39-32(37)25-22-19-16-14-11-9-10-12-15-18-21-24-27-34-30(2)36/h31,35H,3-29H2,1-2H3,(H,34,36)/t31-/m1/s1. The molecule has 236 valence electrons. The summed E-state index contributed by atoms with van der Waals surface area (Å²) in [4.78, 5) is 34.8. The van der Waals surface area contributed by atoms with Crippen LogP contribution in [-0.4, -0.2) is 48.8 Å². The molecule has 7 heteroatoms. The summed E-state index contributed by atoms with van der Waals surface area (Å²) in [6.07, 6.45) is 26.0. The maximum Gasteiger partial charge on any atom is 0.306 e. The Bertz CT molecular complexity index is 597. The molecule has 0 fully saturated rings. The van der Waals surface area contributed by atoms with Gasteiger partial charge >= 0.3 is 11.9 Å². The summed E-state index contributed by atoms with van der Waals surface area (Å²) < 4.78 is 10.5. The van der Waals surface area contributed by atoms with Crippen LogP contribution in [0, 0.1) is 0 Å². The summed E-state index contributed by atoms with van der Waals surface area (Å²) in [5.41, 5.74) is 0. The van der Waals surface area contributed by atoms with Crippen molar-refractivity contribution in [2.45, 2.75) is 174 Å². The van der Waals surface area contributed by atoms with Gasteiger partial charge in [-0.25, -0.2) is 0 Å². The van der Waals surface area contributed by atoms with Gasteiger partial charge in [0.2, 0.25) is 5.91 Å². The molecule has 0 radical (unpaired) electrons. The van der Waals surface area contributed by atoms with E-state index in [2.05, 4.69) is 12.2 Å². The van der Waals surface area contributed by atoms with Crippen molar-refractivity contribution < 1.29 is 29.0 Å². The maximum atomic E-state index is 12.0. The van der Waals surface area contributed by atoms with Crippen LogP contribution < -0.4 is 5.32 Å². The molecule has 0 aromatic rings. The van der Waals surface area contributed by atoms with E-state index in [9.17, 15) is 19.5 Å². The zero-order chi connectivity index (χ0) is 29.5. The number of nitrogens with one attached hydrogen (secondary N) is 1. The number of aliphatic hydroxyl groups is 1. The fraction of sp³-hybridized carbons (Fsp3) is 0.909. The number of carbonyl (C=O) groups excluding carboxylic acids is 3. The fourth-order valence-corrected chi connectivity index (χ4v) is 4.81. The number of hydrogen-bond donors (Lipinski definition) is 2. The molecule has 0 spiro atoms. The lowest BCUT2D eigenvalue weighted by Gasteiger charge is -2.15. The minimum Gasteiger partial charge on any atom is -0.462 e. The van der Waals surface area contributed by atoms with Crippen LogP contribution >= 0.6 is 0 Å². The van der Waals surface area contributed by atoms with Crippen LogP contribution in [0.5, 0.6) is 0 Å². The molecule has 0 aliphatic heterocycles. The van der Waals surface area contributed by atoms with E-state index in [1.807, 2.05) is 0 Å². The molecule has 0 aliphatic rings. The van der Waals surface area contributed by atoms with E-state index in [0.29, 0.717) is 12.8 Å². The molecule has 0 aromatic carbocycles. The predicted molar refractivity (Wildman–Crippen MR) is 163 cm³/mol. The molecular formula is C33H63NO6. The highest BCUT2D eigenvalue weighted by Gasteiger charge is 2.16. The topological polar surface area (TPSA) is 102 Å². The van der Waals surface area contributed by atoms with Crippen molar-refractivity contribution >= 4 is 17.8 Å². The molecule has 7 nitrogen and oxygen atoms in total. The first-order valence-electron chi connectivity index (χ1n) is 16.7. The van der Waals surface area contributed by atoms with Gasteiger partial charge < -0.3 is 19.9 Å². The third-order valence-corrected chi connectivity index (χ3v) is 7.35. The third kappa shape index (κ3) is 29.4. The van der Waals surface area contributed by atoms with Crippen LogP contribution in [-0.2, 0) is 23.9 Å². The molecule has 1 amide bonds. The van der Waals surface area contributed by atoms with Crippen LogP contribution in [0.2, 0.25) is 0 Å². The summed E-state index contributed by atoms with van der Waals surface area (Å²) in [6, 6.07) is 0. The SMILES string of the molecule is CCCCCCCCCCCCC(=O)O[C@H](CO)COC(=O)CCCCCCCCCCCCCCNC(C)=O. The van der Waals surface area contributed by atoms with E-state index in [4.69, 9.17) is 9.47 Å². The highest BCUT2D eigenvalue weighted by atomic mass is 16.6. The Labute approximate surface area is 245 Å². The second-order valence-electron chi connectivity index (χ2n) is 11.4. The van der Waals surface area contributed by atoms with E-state index < -0.39 is 6.10 Å². The van der Waals surface area contributed by atoms with E-state index in [1.54, 1.807) is 6.92 Å². The maximum absolute atomic E-state index is 12.0. The zero-order valence-electron chi connectivity index (χ0n) is 26.2. The highest BCUT2D eigenvalue weighted by Crippen LogP contribution is 2.14. The van der Waals surface area contributed by atoms with E-state index in [1.165, 1.54) is 96.3 Å². The van der Waals surface area contributed by atoms with Gasteiger partial charge in [0.25, 0.3) is 0 Å². The Kier molecular flexibility index (Phi) is 29.1.